The average Bonchev–Trinajstić information content (AvgIpc) is 2.73. The van der Waals surface area contributed by atoms with Crippen LogP contribution in [0.1, 0.15) is 48.7 Å². The van der Waals surface area contributed by atoms with Gasteiger partial charge >= 0.3 is 0 Å². The van der Waals surface area contributed by atoms with Gasteiger partial charge in [0.25, 0.3) is 0 Å². The largest absolute Gasteiger partial charge is 0.542 e. The number of benzene rings is 2. The summed E-state index contributed by atoms with van der Waals surface area (Å²) in [6, 6.07) is 15.9. The second kappa shape index (κ2) is 14.3. The molecule has 1 N–H and O–H groups in total. The first-order chi connectivity index (χ1) is 13.3. The molecule has 0 amide bonds. The lowest BCUT2D eigenvalue weighted by Gasteiger charge is -2.09. The number of rotatable bonds is 6. The molecule has 0 aliphatic carbocycles. The first kappa shape index (κ1) is 25.2. The van der Waals surface area contributed by atoms with Gasteiger partial charge in [0.05, 0.1) is 0 Å². The van der Waals surface area contributed by atoms with E-state index in [-0.39, 0.29) is 12.2 Å². The van der Waals surface area contributed by atoms with Crippen molar-refractivity contribution in [2.45, 2.75) is 32.8 Å². The topological polar surface area (TPSA) is 112 Å². The number of ketones is 2. The van der Waals surface area contributed by atoms with Crippen LogP contribution in [0.15, 0.2) is 54.6 Å². The molecule has 0 aromatic heterocycles. The summed E-state index contributed by atoms with van der Waals surface area (Å²) in [5, 5.41) is 19.4. The lowest BCUT2D eigenvalue weighted by molar-refractivity contribution is -0.300. The first-order valence-corrected chi connectivity index (χ1v) is 8.85. The lowest BCUT2D eigenvalue weighted by atomic mass is 10.0. The number of carbonyl (C=O) groups is 4. The van der Waals surface area contributed by atoms with E-state index in [2.05, 4.69) is 0 Å². The first-order valence-electron chi connectivity index (χ1n) is 8.47. The molecule has 0 saturated carbocycles. The molecule has 0 bridgehead atoms. The molecule has 2 aromatic rings. The van der Waals surface area contributed by atoms with Crippen molar-refractivity contribution in [3.8, 4) is 0 Å². The zero-order valence-corrected chi connectivity index (χ0v) is 16.4. The molecular formula is C21H22ClO6-. The Balaban J connectivity index is 0.000000419. The van der Waals surface area contributed by atoms with E-state index in [1.54, 1.807) is 43.3 Å². The summed E-state index contributed by atoms with van der Waals surface area (Å²) in [6.45, 7) is 3.18. The summed E-state index contributed by atoms with van der Waals surface area (Å²) in [5.74, 6) is -2.66. The van der Waals surface area contributed by atoms with Crippen molar-refractivity contribution in [1.82, 2.24) is 0 Å². The van der Waals surface area contributed by atoms with E-state index < -0.39 is 17.9 Å². The highest BCUT2D eigenvalue weighted by atomic mass is 35.5. The fourth-order valence-corrected chi connectivity index (χ4v) is 1.98. The highest BCUT2D eigenvalue weighted by Gasteiger charge is 2.17. The molecule has 0 heterocycles. The summed E-state index contributed by atoms with van der Waals surface area (Å²) >= 11 is 5.81. The van der Waals surface area contributed by atoms with Crippen LogP contribution >= 0.6 is 11.6 Å². The Labute approximate surface area is 168 Å². The molecule has 7 heteroatoms. The number of halogens is 1. The molecule has 0 aliphatic heterocycles. The van der Waals surface area contributed by atoms with Crippen LogP contribution in [0.3, 0.4) is 0 Å². The van der Waals surface area contributed by atoms with Gasteiger partial charge in [-0.2, -0.15) is 0 Å². The van der Waals surface area contributed by atoms with Crippen LogP contribution in [0, 0.1) is 0 Å². The van der Waals surface area contributed by atoms with Gasteiger partial charge in [0, 0.05) is 29.0 Å². The monoisotopic (exact) mass is 405 g/mol. The van der Waals surface area contributed by atoms with E-state index in [4.69, 9.17) is 11.6 Å². The van der Waals surface area contributed by atoms with E-state index in [0.29, 0.717) is 17.0 Å². The van der Waals surface area contributed by atoms with Gasteiger partial charge in [-0.25, -0.2) is 0 Å². The standard InChI is InChI=1S/C10H11ClO2.C7H6O.C4H6O3/c1-2-9(12)10(13)7-5-3-4-6-8(7)11;8-6-7-4-2-1-3-5-7;1-2-3(5)4(6)7/h3-6,10,13H,2H2,1H3;1-6H;2H2,1H3,(H,6,7)/p-1/t10-;;/m1../s1. The molecular weight excluding hydrogens is 384 g/mol. The summed E-state index contributed by atoms with van der Waals surface area (Å²) in [6.07, 6.45) is 0.0769. The van der Waals surface area contributed by atoms with Gasteiger partial charge in [0.1, 0.15) is 18.4 Å². The van der Waals surface area contributed by atoms with Crippen molar-refractivity contribution in [3.05, 3.63) is 70.7 Å². The third kappa shape index (κ3) is 9.75. The van der Waals surface area contributed by atoms with Crippen LogP contribution in [-0.2, 0) is 14.4 Å². The zero-order valence-electron chi connectivity index (χ0n) is 15.6. The second-order valence-corrected chi connectivity index (χ2v) is 5.74. The van der Waals surface area contributed by atoms with E-state index in [1.807, 2.05) is 18.2 Å². The maximum atomic E-state index is 11.2. The van der Waals surface area contributed by atoms with Crippen LogP contribution in [0.25, 0.3) is 0 Å². The minimum atomic E-state index is -1.59. The quantitative estimate of drug-likeness (QED) is 0.584. The Kier molecular flexibility index (Phi) is 12.8. The van der Waals surface area contributed by atoms with E-state index in [0.717, 1.165) is 11.8 Å². The van der Waals surface area contributed by atoms with Crippen molar-refractivity contribution in [3.63, 3.8) is 0 Å². The predicted molar refractivity (Wildman–Crippen MR) is 104 cm³/mol. The van der Waals surface area contributed by atoms with E-state index in [9.17, 15) is 29.4 Å². The minimum Gasteiger partial charge on any atom is -0.542 e. The molecule has 0 spiro atoms. The molecule has 28 heavy (non-hydrogen) atoms. The molecule has 0 radical (unpaired) electrons. The smallest absolute Gasteiger partial charge is 0.177 e. The summed E-state index contributed by atoms with van der Waals surface area (Å²) < 4.78 is 0. The summed E-state index contributed by atoms with van der Waals surface area (Å²) in [4.78, 5) is 40.5. The van der Waals surface area contributed by atoms with Crippen molar-refractivity contribution in [2.24, 2.45) is 0 Å². The Morgan fingerprint density at radius 2 is 1.54 bits per heavy atom. The maximum Gasteiger partial charge on any atom is 0.177 e. The Morgan fingerprint density at radius 1 is 1.00 bits per heavy atom. The molecule has 2 aromatic carbocycles. The molecule has 6 nitrogen and oxygen atoms in total. The normalized spacial score (nSPS) is 10.3. The van der Waals surface area contributed by atoms with Gasteiger partial charge in [-0.1, -0.05) is 74.0 Å². The molecule has 1 atom stereocenters. The molecule has 150 valence electrons. The van der Waals surface area contributed by atoms with E-state index >= 15 is 0 Å². The van der Waals surface area contributed by atoms with Gasteiger partial charge in [-0.15, -0.1) is 0 Å². The number of hydrogen-bond donors (Lipinski definition) is 1. The van der Waals surface area contributed by atoms with Gasteiger partial charge in [0.15, 0.2) is 11.6 Å². The fraction of sp³-hybridized carbons (Fsp3) is 0.238. The van der Waals surface area contributed by atoms with Gasteiger partial charge < -0.3 is 15.0 Å². The van der Waals surface area contributed by atoms with Crippen molar-refractivity contribution < 1.29 is 29.4 Å². The number of carboxylic acids is 1. The van der Waals surface area contributed by atoms with Crippen molar-refractivity contribution in [2.75, 3.05) is 0 Å². The van der Waals surface area contributed by atoms with Crippen LogP contribution < -0.4 is 5.11 Å². The molecule has 0 aliphatic rings. The SMILES string of the molecule is CCC(=O)C(=O)[O-].CCC(=O)[C@H](O)c1ccccc1Cl.O=Cc1ccccc1. The number of Topliss-reactive ketones (excluding diaryl/α,β-unsaturated/α-hetero) is 2. The summed E-state index contributed by atoms with van der Waals surface area (Å²) in [7, 11) is 0. The lowest BCUT2D eigenvalue weighted by Crippen LogP contribution is -2.30. The second-order valence-electron chi connectivity index (χ2n) is 5.34. The predicted octanol–water partition coefficient (Wildman–Crippen LogP) is 2.57. The summed E-state index contributed by atoms with van der Waals surface area (Å²) in [5.41, 5.74) is 1.21. The van der Waals surface area contributed by atoms with Crippen molar-refractivity contribution >= 4 is 35.4 Å². The Bertz CT molecular complexity index is 773. The molecule has 0 fully saturated rings. The maximum absolute atomic E-state index is 11.2. The number of aliphatic hydroxyl groups is 1. The minimum absolute atomic E-state index is 0.0162. The van der Waals surface area contributed by atoms with Crippen LogP contribution in [-0.4, -0.2) is 28.9 Å². The highest BCUT2D eigenvalue weighted by molar-refractivity contribution is 6.31. The number of carbonyl (C=O) groups excluding carboxylic acids is 4. The molecule has 0 unspecified atom stereocenters. The fourth-order valence-electron chi connectivity index (χ4n) is 1.74. The van der Waals surface area contributed by atoms with Gasteiger partial charge in [-0.05, 0) is 6.07 Å². The average molecular weight is 406 g/mol. The van der Waals surface area contributed by atoms with Crippen LogP contribution in [0.4, 0.5) is 0 Å². The van der Waals surface area contributed by atoms with Gasteiger partial charge in [0.2, 0.25) is 0 Å². The zero-order chi connectivity index (χ0) is 21.5. The number of carboxylic acid groups (broad SMARTS) is 1. The highest BCUT2D eigenvalue weighted by Crippen LogP contribution is 2.23. The Morgan fingerprint density at radius 3 is 1.89 bits per heavy atom. The Hall–Kier alpha value is -2.83. The van der Waals surface area contributed by atoms with E-state index in [1.165, 1.54) is 6.92 Å². The van der Waals surface area contributed by atoms with Crippen molar-refractivity contribution in [1.29, 1.82) is 0 Å². The van der Waals surface area contributed by atoms with Crippen LogP contribution in [0.2, 0.25) is 5.02 Å². The third-order valence-corrected chi connectivity index (χ3v) is 3.68. The number of aliphatic hydroxyl groups excluding tert-OH is 1. The number of aldehydes is 1. The van der Waals surface area contributed by atoms with Gasteiger partial charge in [-0.3, -0.25) is 14.4 Å². The third-order valence-electron chi connectivity index (χ3n) is 3.34. The van der Waals surface area contributed by atoms with Crippen LogP contribution in [0.5, 0.6) is 0 Å². The molecule has 0 saturated heterocycles. The number of aliphatic carboxylic acids is 1. The molecule has 2 rings (SSSR count). The number of hydrogen-bond acceptors (Lipinski definition) is 6.